The first-order valence-corrected chi connectivity index (χ1v) is 9.62. The maximum Gasteiger partial charge on any atom is 0.253 e. The van der Waals surface area contributed by atoms with Gasteiger partial charge >= 0.3 is 0 Å². The number of hydrogen-bond acceptors (Lipinski definition) is 5. The molecule has 2 saturated heterocycles. The summed E-state index contributed by atoms with van der Waals surface area (Å²) in [5, 5.41) is 4.17. The molecular formula is C20H26N4O2. The van der Waals surface area contributed by atoms with Crippen molar-refractivity contribution in [2.45, 2.75) is 38.0 Å². The van der Waals surface area contributed by atoms with Gasteiger partial charge in [0.05, 0.1) is 5.92 Å². The van der Waals surface area contributed by atoms with Crippen molar-refractivity contribution in [2.75, 3.05) is 33.2 Å². The van der Waals surface area contributed by atoms with E-state index in [9.17, 15) is 4.79 Å². The van der Waals surface area contributed by atoms with Crippen molar-refractivity contribution in [3.8, 4) is 11.4 Å². The van der Waals surface area contributed by atoms with E-state index in [1.165, 1.54) is 6.42 Å². The van der Waals surface area contributed by atoms with Crippen molar-refractivity contribution in [3.05, 3.63) is 35.7 Å². The summed E-state index contributed by atoms with van der Waals surface area (Å²) in [6.45, 7) is 3.78. The summed E-state index contributed by atoms with van der Waals surface area (Å²) in [4.78, 5) is 21.6. The summed E-state index contributed by atoms with van der Waals surface area (Å²) in [5.74, 6) is 1.68. The van der Waals surface area contributed by atoms with Gasteiger partial charge in [-0.1, -0.05) is 17.3 Å². The lowest BCUT2D eigenvalue weighted by molar-refractivity contribution is 0.0724. The molecule has 2 aliphatic rings. The summed E-state index contributed by atoms with van der Waals surface area (Å²) < 4.78 is 5.54. The Morgan fingerprint density at radius 1 is 1.15 bits per heavy atom. The lowest BCUT2D eigenvalue weighted by Crippen LogP contribution is -2.35. The summed E-state index contributed by atoms with van der Waals surface area (Å²) in [6, 6.07) is 7.60. The molecule has 26 heavy (non-hydrogen) atoms. The van der Waals surface area contributed by atoms with Crippen LogP contribution in [0.3, 0.4) is 0 Å². The quantitative estimate of drug-likeness (QED) is 0.847. The predicted molar refractivity (Wildman–Crippen MR) is 99.0 cm³/mol. The highest BCUT2D eigenvalue weighted by molar-refractivity contribution is 5.95. The van der Waals surface area contributed by atoms with Crippen molar-refractivity contribution in [3.63, 3.8) is 0 Å². The maximum atomic E-state index is 12.7. The van der Waals surface area contributed by atoms with Gasteiger partial charge in [0.25, 0.3) is 5.91 Å². The van der Waals surface area contributed by atoms with E-state index >= 15 is 0 Å². The molecule has 1 aromatic heterocycles. The van der Waals surface area contributed by atoms with Crippen molar-refractivity contribution in [1.82, 2.24) is 19.9 Å². The molecule has 4 rings (SSSR count). The highest BCUT2D eigenvalue weighted by Crippen LogP contribution is 2.27. The first-order chi connectivity index (χ1) is 12.7. The number of likely N-dealkylation sites (N-methyl/N-ethyl adjacent to an activating group) is 1. The fraction of sp³-hybridized carbons (Fsp3) is 0.550. The lowest BCUT2D eigenvalue weighted by Gasteiger charge is -2.27. The third kappa shape index (κ3) is 3.65. The SMILES string of the molecule is CN1CCCC(c2nc(-c3cccc(C(=O)N4CCCCC4)c3)no2)C1. The van der Waals surface area contributed by atoms with Gasteiger partial charge in [-0.15, -0.1) is 0 Å². The van der Waals surface area contributed by atoms with Crippen molar-refractivity contribution >= 4 is 5.91 Å². The van der Waals surface area contributed by atoms with Gasteiger partial charge in [-0.05, 0) is 57.8 Å². The first-order valence-electron chi connectivity index (χ1n) is 9.62. The minimum Gasteiger partial charge on any atom is -0.339 e. The number of likely N-dealkylation sites (tertiary alicyclic amines) is 2. The van der Waals surface area contributed by atoms with Crippen molar-refractivity contribution in [1.29, 1.82) is 0 Å². The monoisotopic (exact) mass is 354 g/mol. The van der Waals surface area contributed by atoms with Crippen LogP contribution in [0.1, 0.15) is 54.3 Å². The standard InChI is InChI=1S/C20H26N4O2/c1-23-10-6-9-17(14-23)19-21-18(22-26-19)15-7-5-8-16(13-15)20(25)24-11-3-2-4-12-24/h5,7-8,13,17H,2-4,6,9-12,14H2,1H3. The van der Waals surface area contributed by atoms with E-state index in [0.717, 1.165) is 57.4 Å². The Kier molecular flexibility index (Phi) is 5.02. The molecule has 0 aliphatic carbocycles. The molecule has 2 aliphatic heterocycles. The Morgan fingerprint density at radius 3 is 2.81 bits per heavy atom. The van der Waals surface area contributed by atoms with Gasteiger partial charge in [0, 0.05) is 30.8 Å². The molecule has 1 unspecified atom stereocenters. The van der Waals surface area contributed by atoms with Gasteiger partial charge in [-0.2, -0.15) is 4.98 Å². The van der Waals surface area contributed by atoms with Gasteiger partial charge in [-0.25, -0.2) is 0 Å². The van der Waals surface area contributed by atoms with Crippen LogP contribution in [0.2, 0.25) is 0 Å². The molecule has 2 aromatic rings. The van der Waals surface area contributed by atoms with Crippen LogP contribution in [0.25, 0.3) is 11.4 Å². The second-order valence-electron chi connectivity index (χ2n) is 7.49. The maximum absolute atomic E-state index is 12.7. The summed E-state index contributed by atoms with van der Waals surface area (Å²) in [6.07, 6.45) is 5.63. The Balaban J connectivity index is 1.52. The molecule has 3 heterocycles. The van der Waals surface area contributed by atoms with Gasteiger partial charge in [0.1, 0.15) is 0 Å². The van der Waals surface area contributed by atoms with E-state index in [0.29, 0.717) is 23.2 Å². The predicted octanol–water partition coefficient (Wildman–Crippen LogP) is 3.17. The number of aromatic nitrogens is 2. The number of nitrogens with zero attached hydrogens (tertiary/aromatic N) is 4. The Labute approximate surface area is 154 Å². The number of carbonyl (C=O) groups excluding carboxylic acids is 1. The average molecular weight is 354 g/mol. The molecule has 1 amide bonds. The minimum atomic E-state index is 0.101. The van der Waals surface area contributed by atoms with Crippen LogP contribution in [-0.4, -0.2) is 59.1 Å². The van der Waals surface area contributed by atoms with Crippen LogP contribution in [-0.2, 0) is 0 Å². The molecule has 0 bridgehead atoms. The molecule has 6 nitrogen and oxygen atoms in total. The Bertz CT molecular complexity index is 767. The molecule has 1 atom stereocenters. The average Bonchev–Trinajstić information content (AvgIpc) is 3.19. The molecule has 0 saturated carbocycles. The van der Waals surface area contributed by atoms with Crippen LogP contribution in [0.15, 0.2) is 28.8 Å². The zero-order chi connectivity index (χ0) is 17.9. The lowest BCUT2D eigenvalue weighted by atomic mass is 9.98. The number of benzene rings is 1. The third-order valence-corrected chi connectivity index (χ3v) is 5.43. The van der Waals surface area contributed by atoms with E-state index in [1.54, 1.807) is 0 Å². The zero-order valence-corrected chi connectivity index (χ0v) is 15.4. The molecule has 2 fully saturated rings. The van der Waals surface area contributed by atoms with Crippen LogP contribution in [0.4, 0.5) is 0 Å². The number of hydrogen-bond donors (Lipinski definition) is 0. The molecule has 0 radical (unpaired) electrons. The molecule has 0 N–H and O–H groups in total. The third-order valence-electron chi connectivity index (χ3n) is 5.43. The smallest absolute Gasteiger partial charge is 0.253 e. The highest BCUT2D eigenvalue weighted by atomic mass is 16.5. The largest absolute Gasteiger partial charge is 0.339 e. The molecule has 1 aromatic carbocycles. The topological polar surface area (TPSA) is 62.5 Å². The minimum absolute atomic E-state index is 0.101. The van der Waals surface area contributed by atoms with Crippen LogP contribution in [0.5, 0.6) is 0 Å². The van der Waals surface area contributed by atoms with Gasteiger partial charge < -0.3 is 14.3 Å². The van der Waals surface area contributed by atoms with Crippen molar-refractivity contribution in [2.24, 2.45) is 0 Å². The summed E-state index contributed by atoms with van der Waals surface area (Å²) >= 11 is 0. The Morgan fingerprint density at radius 2 is 2.00 bits per heavy atom. The van der Waals surface area contributed by atoms with Crippen molar-refractivity contribution < 1.29 is 9.32 Å². The van der Waals surface area contributed by atoms with E-state index in [2.05, 4.69) is 22.1 Å². The fourth-order valence-electron chi connectivity index (χ4n) is 3.96. The van der Waals surface area contributed by atoms with E-state index in [4.69, 9.17) is 4.52 Å². The highest BCUT2D eigenvalue weighted by Gasteiger charge is 2.25. The zero-order valence-electron chi connectivity index (χ0n) is 15.4. The molecule has 0 spiro atoms. The fourth-order valence-corrected chi connectivity index (χ4v) is 3.96. The van der Waals surface area contributed by atoms with Gasteiger partial charge in [-0.3, -0.25) is 4.79 Å². The van der Waals surface area contributed by atoms with Crippen LogP contribution >= 0.6 is 0 Å². The Hall–Kier alpha value is -2.21. The number of rotatable bonds is 3. The normalized spacial score (nSPS) is 21.7. The van der Waals surface area contributed by atoms with Gasteiger partial charge in [0.2, 0.25) is 11.7 Å². The summed E-state index contributed by atoms with van der Waals surface area (Å²) in [5.41, 5.74) is 1.54. The van der Waals surface area contributed by atoms with Crippen LogP contribution in [0, 0.1) is 0 Å². The van der Waals surface area contributed by atoms with E-state index < -0.39 is 0 Å². The number of carbonyl (C=O) groups is 1. The summed E-state index contributed by atoms with van der Waals surface area (Å²) in [7, 11) is 2.12. The van der Waals surface area contributed by atoms with E-state index in [-0.39, 0.29) is 5.91 Å². The number of amides is 1. The number of piperidine rings is 2. The van der Waals surface area contributed by atoms with E-state index in [1.807, 2.05) is 29.2 Å². The van der Waals surface area contributed by atoms with Crippen LogP contribution < -0.4 is 0 Å². The second kappa shape index (κ2) is 7.58. The van der Waals surface area contributed by atoms with Gasteiger partial charge in [0.15, 0.2) is 0 Å². The molecular weight excluding hydrogens is 328 g/mol. The molecule has 6 heteroatoms. The molecule has 138 valence electrons. The second-order valence-corrected chi connectivity index (χ2v) is 7.49. The first kappa shape index (κ1) is 17.2.